The van der Waals surface area contributed by atoms with Crippen LogP contribution >= 0.6 is 0 Å². The van der Waals surface area contributed by atoms with Crippen LogP contribution in [0.3, 0.4) is 0 Å². The van der Waals surface area contributed by atoms with Gasteiger partial charge >= 0.3 is 6.09 Å². The van der Waals surface area contributed by atoms with Gasteiger partial charge in [-0.25, -0.2) is 4.79 Å². The van der Waals surface area contributed by atoms with Crippen LogP contribution in [-0.2, 0) is 17.8 Å². The number of hydrogen-bond donors (Lipinski definition) is 1. The topological polar surface area (TPSA) is 58.6 Å². The summed E-state index contributed by atoms with van der Waals surface area (Å²) in [6.07, 6.45) is -0.320. The Morgan fingerprint density at radius 1 is 1.00 bits per heavy atom. The second kappa shape index (κ2) is 7.66. The molecule has 0 saturated carbocycles. The number of hydrogen-bond acceptors (Lipinski definition) is 3. The monoisotopic (exact) mass is 380 g/mol. The smallest absolute Gasteiger partial charge is 0.410 e. The molecule has 0 saturated heterocycles. The Hall–Kier alpha value is -2.82. The molecular weight excluding hydrogens is 352 g/mol. The van der Waals surface area contributed by atoms with E-state index in [1.807, 2.05) is 63.2 Å². The molecular formula is C23H28N2O3. The van der Waals surface area contributed by atoms with Gasteiger partial charge in [-0.2, -0.15) is 0 Å². The van der Waals surface area contributed by atoms with Crippen molar-refractivity contribution in [1.82, 2.24) is 4.90 Å². The van der Waals surface area contributed by atoms with E-state index in [-0.39, 0.29) is 12.0 Å². The van der Waals surface area contributed by atoms with Gasteiger partial charge in [-0.05, 0) is 67.6 Å². The fraction of sp³-hybridized carbons (Fsp3) is 0.391. The number of anilines is 1. The highest BCUT2D eigenvalue weighted by Crippen LogP contribution is 2.27. The Bertz CT molecular complexity index is 880. The third-order valence-electron chi connectivity index (χ3n) is 4.68. The molecule has 5 nitrogen and oxygen atoms in total. The molecule has 0 fully saturated rings. The number of rotatable bonds is 3. The molecule has 0 aliphatic carbocycles. The van der Waals surface area contributed by atoms with Gasteiger partial charge in [0.1, 0.15) is 5.60 Å². The third kappa shape index (κ3) is 4.71. The molecule has 0 bridgehead atoms. The van der Waals surface area contributed by atoms with Crippen LogP contribution in [0.1, 0.15) is 67.6 Å². The normalized spacial score (nSPS) is 13.4. The average Bonchev–Trinajstić information content (AvgIpc) is 3.04. The van der Waals surface area contributed by atoms with E-state index in [1.165, 1.54) is 5.56 Å². The summed E-state index contributed by atoms with van der Waals surface area (Å²) in [7, 11) is 0. The standard InChI is InChI=1S/C23H28N2O3/c1-15(2)16-6-8-17(9-7-16)21(26)24-20-11-10-18-13-25(14-19(18)12-20)22(27)28-23(3,4)5/h6-12,15H,13-14H2,1-5H3,(H,24,26). The first kappa shape index (κ1) is 19.9. The minimum Gasteiger partial charge on any atom is -0.444 e. The first-order chi connectivity index (χ1) is 13.1. The molecule has 2 aromatic carbocycles. The van der Waals surface area contributed by atoms with E-state index < -0.39 is 5.60 Å². The zero-order chi connectivity index (χ0) is 20.5. The largest absolute Gasteiger partial charge is 0.444 e. The highest BCUT2D eigenvalue weighted by molar-refractivity contribution is 6.04. The lowest BCUT2D eigenvalue weighted by molar-refractivity contribution is 0.0241. The Balaban J connectivity index is 1.66. The van der Waals surface area contributed by atoms with E-state index in [4.69, 9.17) is 4.74 Å². The molecule has 2 aromatic rings. The van der Waals surface area contributed by atoms with Gasteiger partial charge in [-0.15, -0.1) is 0 Å². The zero-order valence-corrected chi connectivity index (χ0v) is 17.2. The Kier molecular flexibility index (Phi) is 5.45. The fourth-order valence-electron chi connectivity index (χ4n) is 3.15. The van der Waals surface area contributed by atoms with Gasteiger partial charge in [-0.1, -0.05) is 32.0 Å². The maximum atomic E-state index is 12.5. The number of ether oxygens (including phenoxy) is 1. The molecule has 1 aliphatic heterocycles. The van der Waals surface area contributed by atoms with Crippen LogP contribution < -0.4 is 5.32 Å². The number of carbonyl (C=O) groups is 2. The van der Waals surface area contributed by atoms with Crippen LogP contribution in [0.2, 0.25) is 0 Å². The average molecular weight is 380 g/mol. The van der Waals surface area contributed by atoms with E-state index in [0.29, 0.717) is 24.6 Å². The van der Waals surface area contributed by atoms with Gasteiger partial charge < -0.3 is 10.1 Å². The second-order valence-electron chi connectivity index (χ2n) is 8.55. The minimum absolute atomic E-state index is 0.141. The zero-order valence-electron chi connectivity index (χ0n) is 17.2. The number of nitrogens with zero attached hydrogens (tertiary/aromatic N) is 1. The summed E-state index contributed by atoms with van der Waals surface area (Å²) in [5.74, 6) is 0.291. The van der Waals surface area contributed by atoms with E-state index in [1.54, 1.807) is 4.90 Å². The maximum Gasteiger partial charge on any atom is 0.410 e. The summed E-state index contributed by atoms with van der Waals surface area (Å²) in [5.41, 5.74) is 4.14. The molecule has 0 unspecified atom stereocenters. The summed E-state index contributed by atoms with van der Waals surface area (Å²) < 4.78 is 5.45. The van der Waals surface area contributed by atoms with Gasteiger partial charge in [-0.3, -0.25) is 9.69 Å². The number of benzene rings is 2. The van der Waals surface area contributed by atoms with Crippen LogP contribution in [0.5, 0.6) is 0 Å². The minimum atomic E-state index is -0.518. The van der Waals surface area contributed by atoms with Gasteiger partial charge in [0.05, 0.1) is 0 Å². The Labute approximate surface area is 166 Å². The lowest BCUT2D eigenvalue weighted by atomic mass is 10.0. The van der Waals surface area contributed by atoms with Crippen LogP contribution in [-0.4, -0.2) is 22.5 Å². The van der Waals surface area contributed by atoms with Crippen LogP contribution in [0.25, 0.3) is 0 Å². The lowest BCUT2D eigenvalue weighted by Gasteiger charge is -2.24. The predicted octanol–water partition coefficient (Wildman–Crippen LogP) is 5.31. The van der Waals surface area contributed by atoms with Crippen molar-refractivity contribution >= 4 is 17.7 Å². The molecule has 0 spiro atoms. The van der Waals surface area contributed by atoms with E-state index >= 15 is 0 Å². The molecule has 3 rings (SSSR count). The number of carbonyl (C=O) groups excluding carboxylic acids is 2. The van der Waals surface area contributed by atoms with Crippen molar-refractivity contribution in [3.05, 3.63) is 64.7 Å². The highest BCUT2D eigenvalue weighted by atomic mass is 16.6. The number of fused-ring (bicyclic) bond motifs is 1. The fourth-order valence-corrected chi connectivity index (χ4v) is 3.15. The SMILES string of the molecule is CC(C)c1ccc(C(=O)Nc2ccc3c(c2)CN(C(=O)OC(C)(C)C)C3)cc1. The van der Waals surface area contributed by atoms with Crippen LogP contribution in [0.15, 0.2) is 42.5 Å². The molecule has 0 radical (unpaired) electrons. The van der Waals surface area contributed by atoms with E-state index in [9.17, 15) is 9.59 Å². The van der Waals surface area contributed by atoms with Crippen molar-refractivity contribution in [2.45, 2.75) is 59.2 Å². The van der Waals surface area contributed by atoms with Crippen LogP contribution in [0.4, 0.5) is 10.5 Å². The molecule has 0 atom stereocenters. The van der Waals surface area contributed by atoms with Crippen LogP contribution in [0, 0.1) is 0 Å². The molecule has 0 aromatic heterocycles. The van der Waals surface area contributed by atoms with Gasteiger partial charge in [0.2, 0.25) is 0 Å². The Morgan fingerprint density at radius 2 is 1.64 bits per heavy atom. The van der Waals surface area contributed by atoms with Crippen molar-refractivity contribution in [3.8, 4) is 0 Å². The third-order valence-corrected chi connectivity index (χ3v) is 4.68. The first-order valence-corrected chi connectivity index (χ1v) is 9.63. The molecule has 148 valence electrons. The summed E-state index contributed by atoms with van der Waals surface area (Å²) in [5, 5.41) is 2.95. The molecule has 1 heterocycles. The van der Waals surface area contributed by atoms with Gasteiger partial charge in [0.25, 0.3) is 5.91 Å². The van der Waals surface area contributed by atoms with Crippen molar-refractivity contribution in [2.24, 2.45) is 0 Å². The summed E-state index contributed by atoms with van der Waals surface area (Å²) >= 11 is 0. The number of nitrogens with one attached hydrogen (secondary N) is 1. The van der Waals surface area contributed by atoms with Gasteiger partial charge in [0, 0.05) is 24.3 Å². The van der Waals surface area contributed by atoms with Crippen molar-refractivity contribution in [1.29, 1.82) is 0 Å². The summed E-state index contributed by atoms with van der Waals surface area (Å²) in [4.78, 5) is 26.5. The molecule has 2 amide bonds. The highest BCUT2D eigenvalue weighted by Gasteiger charge is 2.27. The maximum absolute atomic E-state index is 12.5. The summed E-state index contributed by atoms with van der Waals surface area (Å²) in [6.45, 7) is 10.8. The van der Waals surface area contributed by atoms with Crippen molar-refractivity contribution < 1.29 is 14.3 Å². The molecule has 1 N–H and O–H groups in total. The molecule has 28 heavy (non-hydrogen) atoms. The van der Waals surface area contributed by atoms with Crippen molar-refractivity contribution in [2.75, 3.05) is 5.32 Å². The predicted molar refractivity (Wildman–Crippen MR) is 110 cm³/mol. The quantitative estimate of drug-likeness (QED) is 0.785. The molecule has 1 aliphatic rings. The van der Waals surface area contributed by atoms with E-state index in [0.717, 1.165) is 16.8 Å². The number of amides is 2. The van der Waals surface area contributed by atoms with E-state index in [2.05, 4.69) is 19.2 Å². The molecule has 5 heteroatoms. The summed E-state index contributed by atoms with van der Waals surface area (Å²) in [6, 6.07) is 13.4. The second-order valence-corrected chi connectivity index (χ2v) is 8.55. The Morgan fingerprint density at radius 3 is 2.25 bits per heavy atom. The lowest BCUT2D eigenvalue weighted by Crippen LogP contribution is -2.33. The van der Waals surface area contributed by atoms with Crippen molar-refractivity contribution in [3.63, 3.8) is 0 Å². The van der Waals surface area contributed by atoms with Gasteiger partial charge in [0.15, 0.2) is 0 Å². The first-order valence-electron chi connectivity index (χ1n) is 9.63.